The Morgan fingerprint density at radius 3 is 2.57 bits per heavy atom. The minimum Gasteiger partial charge on any atom is -0.368 e. The lowest BCUT2D eigenvalue weighted by Gasteiger charge is -2.30. The van der Waals surface area contributed by atoms with Crippen LogP contribution in [0, 0.1) is 5.82 Å². The quantitative estimate of drug-likeness (QED) is 0.603. The van der Waals surface area contributed by atoms with E-state index in [4.69, 9.17) is 23.2 Å². The number of halogens is 3. The molecule has 2 N–H and O–H groups in total. The number of nitrogens with one attached hydrogen (secondary N) is 2. The van der Waals surface area contributed by atoms with Gasteiger partial charge in [-0.05, 0) is 48.5 Å². The van der Waals surface area contributed by atoms with Crippen LogP contribution < -0.4 is 15.5 Å². The molecule has 0 unspecified atom stereocenters. The highest BCUT2D eigenvalue weighted by atomic mass is 35.5. The van der Waals surface area contributed by atoms with Crippen LogP contribution in [0.3, 0.4) is 0 Å². The molecule has 0 bridgehead atoms. The molecule has 8 heteroatoms. The Morgan fingerprint density at radius 1 is 1.07 bits per heavy atom. The van der Waals surface area contributed by atoms with Crippen LogP contribution in [-0.4, -0.2) is 37.1 Å². The van der Waals surface area contributed by atoms with Gasteiger partial charge in [-0.2, -0.15) is 0 Å². The van der Waals surface area contributed by atoms with E-state index in [2.05, 4.69) is 20.5 Å². The van der Waals surface area contributed by atoms with E-state index in [0.717, 1.165) is 31.9 Å². The Kier molecular flexibility index (Phi) is 6.18. The summed E-state index contributed by atoms with van der Waals surface area (Å²) in [5.41, 5.74) is 2.23. The Labute approximate surface area is 183 Å². The Hall–Kier alpha value is -2.67. The molecule has 0 saturated carbocycles. The van der Waals surface area contributed by atoms with Gasteiger partial charge in [0.05, 0.1) is 21.4 Å². The number of carbonyl (C=O) groups excluding carboxylic acids is 1. The summed E-state index contributed by atoms with van der Waals surface area (Å²) in [4.78, 5) is 18.9. The molecule has 1 aliphatic rings. The molecule has 5 nitrogen and oxygen atoms in total. The number of hydrogen-bond donors (Lipinski definition) is 2. The fourth-order valence-electron chi connectivity index (χ4n) is 3.38. The number of rotatable bonds is 4. The smallest absolute Gasteiger partial charge is 0.255 e. The molecule has 1 saturated heterocycles. The van der Waals surface area contributed by atoms with E-state index in [9.17, 15) is 9.18 Å². The highest BCUT2D eigenvalue weighted by molar-refractivity contribution is 6.33. The summed E-state index contributed by atoms with van der Waals surface area (Å²) in [6.07, 6.45) is 1.54. The van der Waals surface area contributed by atoms with Crippen LogP contribution in [0.5, 0.6) is 0 Å². The molecule has 154 valence electrons. The van der Waals surface area contributed by atoms with Crippen molar-refractivity contribution in [1.82, 2.24) is 10.3 Å². The number of aromatic nitrogens is 1. The molecule has 0 spiro atoms. The third kappa shape index (κ3) is 4.41. The van der Waals surface area contributed by atoms with Gasteiger partial charge in [-0.15, -0.1) is 0 Å². The summed E-state index contributed by atoms with van der Waals surface area (Å²) < 4.78 is 14.6. The van der Waals surface area contributed by atoms with Crippen molar-refractivity contribution in [2.24, 2.45) is 0 Å². The van der Waals surface area contributed by atoms with Gasteiger partial charge in [0, 0.05) is 49.2 Å². The van der Waals surface area contributed by atoms with Crippen molar-refractivity contribution >= 4 is 40.5 Å². The van der Waals surface area contributed by atoms with Crippen molar-refractivity contribution in [2.45, 2.75) is 0 Å². The van der Waals surface area contributed by atoms with Crippen LogP contribution in [-0.2, 0) is 0 Å². The van der Waals surface area contributed by atoms with Crippen LogP contribution in [0.4, 0.5) is 15.8 Å². The molecule has 2 heterocycles. The van der Waals surface area contributed by atoms with Gasteiger partial charge in [0.2, 0.25) is 0 Å². The number of carbonyl (C=O) groups is 1. The molecule has 0 atom stereocenters. The maximum absolute atomic E-state index is 14.6. The predicted octanol–water partition coefficient (Wildman–Crippen LogP) is 4.86. The van der Waals surface area contributed by atoms with Gasteiger partial charge in [-0.3, -0.25) is 9.78 Å². The summed E-state index contributed by atoms with van der Waals surface area (Å²) in [7, 11) is 0. The number of nitrogens with zero attached hydrogens (tertiary/aromatic N) is 2. The average molecular weight is 445 g/mol. The van der Waals surface area contributed by atoms with E-state index in [1.54, 1.807) is 24.3 Å². The molecule has 1 amide bonds. The number of amides is 1. The largest absolute Gasteiger partial charge is 0.368 e. The first-order valence-electron chi connectivity index (χ1n) is 9.50. The number of hydrogen-bond acceptors (Lipinski definition) is 4. The summed E-state index contributed by atoms with van der Waals surface area (Å²) in [5, 5.41) is 6.96. The lowest BCUT2D eigenvalue weighted by molar-refractivity contribution is 0.102. The van der Waals surface area contributed by atoms with Crippen LogP contribution in [0.2, 0.25) is 10.0 Å². The number of benzene rings is 2. The second-order valence-electron chi connectivity index (χ2n) is 6.89. The van der Waals surface area contributed by atoms with Gasteiger partial charge >= 0.3 is 0 Å². The first-order chi connectivity index (χ1) is 14.5. The maximum atomic E-state index is 14.6. The van der Waals surface area contributed by atoms with Crippen molar-refractivity contribution in [3.8, 4) is 11.3 Å². The normalized spacial score (nSPS) is 13.9. The van der Waals surface area contributed by atoms with E-state index in [1.807, 2.05) is 6.07 Å². The van der Waals surface area contributed by atoms with E-state index < -0.39 is 11.7 Å². The third-order valence-electron chi connectivity index (χ3n) is 4.91. The molecule has 4 rings (SSSR count). The second-order valence-corrected chi connectivity index (χ2v) is 7.70. The van der Waals surface area contributed by atoms with Crippen LogP contribution in [0.25, 0.3) is 11.3 Å². The summed E-state index contributed by atoms with van der Waals surface area (Å²) in [5.74, 6) is -1.01. The van der Waals surface area contributed by atoms with E-state index in [1.165, 1.54) is 24.4 Å². The molecule has 0 aliphatic carbocycles. The molecule has 0 radical (unpaired) electrons. The zero-order valence-corrected chi connectivity index (χ0v) is 17.5. The van der Waals surface area contributed by atoms with Gasteiger partial charge in [-0.25, -0.2) is 4.39 Å². The van der Waals surface area contributed by atoms with Crippen molar-refractivity contribution in [1.29, 1.82) is 0 Å². The molecule has 1 aromatic heterocycles. The molecule has 30 heavy (non-hydrogen) atoms. The Morgan fingerprint density at radius 2 is 1.87 bits per heavy atom. The van der Waals surface area contributed by atoms with E-state index in [0.29, 0.717) is 21.4 Å². The van der Waals surface area contributed by atoms with Crippen molar-refractivity contribution < 1.29 is 9.18 Å². The summed E-state index contributed by atoms with van der Waals surface area (Å²) in [6.45, 7) is 3.55. The molecular weight excluding hydrogens is 426 g/mol. The SMILES string of the molecule is O=C(Nc1ccc(N2CCNCC2)c(Cl)c1)c1ccc(-c2ncccc2Cl)c(F)c1. The fraction of sp³-hybridized carbons (Fsp3) is 0.182. The van der Waals surface area contributed by atoms with Gasteiger partial charge in [0.1, 0.15) is 5.82 Å². The minimum atomic E-state index is -0.574. The average Bonchev–Trinajstić information content (AvgIpc) is 2.75. The van der Waals surface area contributed by atoms with Crippen molar-refractivity contribution in [3.05, 3.63) is 76.2 Å². The zero-order valence-electron chi connectivity index (χ0n) is 16.0. The lowest BCUT2D eigenvalue weighted by atomic mass is 10.1. The zero-order chi connectivity index (χ0) is 21.1. The Bertz CT molecular complexity index is 1090. The first kappa shape index (κ1) is 20.6. The van der Waals surface area contributed by atoms with Crippen LogP contribution in [0.15, 0.2) is 54.7 Å². The lowest BCUT2D eigenvalue weighted by Crippen LogP contribution is -2.43. The van der Waals surface area contributed by atoms with Crippen LogP contribution in [0.1, 0.15) is 10.4 Å². The van der Waals surface area contributed by atoms with E-state index >= 15 is 0 Å². The van der Waals surface area contributed by atoms with Gasteiger partial charge in [0.25, 0.3) is 5.91 Å². The van der Waals surface area contributed by atoms with Crippen molar-refractivity contribution in [2.75, 3.05) is 36.4 Å². The number of anilines is 2. The molecule has 3 aromatic rings. The number of pyridine rings is 1. The Balaban J connectivity index is 1.51. The van der Waals surface area contributed by atoms with Gasteiger partial charge < -0.3 is 15.5 Å². The van der Waals surface area contributed by atoms with Crippen LogP contribution >= 0.6 is 23.2 Å². The standard InChI is InChI=1S/C22H19Cl2FN4O/c23-17-2-1-7-27-21(17)16-5-3-14(12-19(16)25)22(30)28-15-4-6-20(18(24)13-15)29-10-8-26-9-11-29/h1-7,12-13,26H,8-11H2,(H,28,30). The third-order valence-corrected chi connectivity index (χ3v) is 5.52. The highest BCUT2D eigenvalue weighted by Crippen LogP contribution is 2.30. The monoisotopic (exact) mass is 444 g/mol. The predicted molar refractivity (Wildman–Crippen MR) is 119 cm³/mol. The minimum absolute atomic E-state index is 0.186. The fourth-order valence-corrected chi connectivity index (χ4v) is 3.91. The second kappa shape index (κ2) is 9.00. The van der Waals surface area contributed by atoms with Crippen molar-refractivity contribution in [3.63, 3.8) is 0 Å². The van der Waals surface area contributed by atoms with Gasteiger partial charge in [-0.1, -0.05) is 23.2 Å². The first-order valence-corrected chi connectivity index (χ1v) is 10.3. The molecule has 2 aromatic carbocycles. The topological polar surface area (TPSA) is 57.3 Å². The number of piperazine rings is 1. The summed E-state index contributed by atoms with van der Waals surface area (Å²) in [6, 6.07) is 12.9. The summed E-state index contributed by atoms with van der Waals surface area (Å²) >= 11 is 12.5. The van der Waals surface area contributed by atoms with Gasteiger partial charge in [0.15, 0.2) is 0 Å². The highest BCUT2D eigenvalue weighted by Gasteiger charge is 2.16. The molecule has 1 fully saturated rings. The molecular formula is C22H19Cl2FN4O. The maximum Gasteiger partial charge on any atom is 0.255 e. The molecule has 1 aliphatic heterocycles. The van der Waals surface area contributed by atoms with E-state index in [-0.39, 0.29) is 11.1 Å².